The fraction of sp³-hybridized carbons (Fsp3) is 0.632. The van der Waals surface area contributed by atoms with E-state index in [1.54, 1.807) is 36.3 Å². The van der Waals surface area contributed by atoms with Crippen molar-refractivity contribution in [2.75, 3.05) is 52.7 Å². The predicted octanol–water partition coefficient (Wildman–Crippen LogP) is 0.269. The molecule has 2 fully saturated rings. The van der Waals surface area contributed by atoms with Gasteiger partial charge in [0.05, 0.1) is 25.9 Å². The number of carbonyl (C=O) groups excluding carboxylic acids is 1. The van der Waals surface area contributed by atoms with Crippen LogP contribution in [-0.4, -0.2) is 103 Å². The second kappa shape index (κ2) is 8.43. The van der Waals surface area contributed by atoms with Crippen molar-refractivity contribution in [2.24, 2.45) is 0 Å². The second-order valence-electron chi connectivity index (χ2n) is 7.70. The van der Waals surface area contributed by atoms with Gasteiger partial charge in [-0.2, -0.15) is 0 Å². The van der Waals surface area contributed by atoms with E-state index < -0.39 is 12.2 Å². The number of ether oxygens (including phenoxy) is 1. The highest BCUT2D eigenvalue weighted by Crippen LogP contribution is 2.29. The van der Waals surface area contributed by atoms with E-state index in [2.05, 4.69) is 15.1 Å². The van der Waals surface area contributed by atoms with Crippen LogP contribution in [0.5, 0.6) is 5.75 Å². The van der Waals surface area contributed by atoms with E-state index in [0.29, 0.717) is 24.8 Å². The maximum absolute atomic E-state index is 12.7. The molecule has 2 saturated heterocycles. The van der Waals surface area contributed by atoms with Gasteiger partial charge in [-0.05, 0) is 44.8 Å². The lowest BCUT2D eigenvalue weighted by molar-refractivity contribution is -0.0921. The van der Waals surface area contributed by atoms with Gasteiger partial charge in [0, 0.05) is 37.4 Å². The number of β-amino-alcohol motifs (C(OH)–C–C–N with tert-alkyl or cyclic N) is 1. The molecule has 0 radical (unpaired) electrons. The van der Waals surface area contributed by atoms with Gasteiger partial charge in [-0.3, -0.25) is 4.90 Å². The number of carbonyl (C=O) groups is 1. The summed E-state index contributed by atoms with van der Waals surface area (Å²) in [7, 11) is 5.64. The number of nitrogens with one attached hydrogen (secondary N) is 1. The minimum atomic E-state index is -0.965. The van der Waals surface area contributed by atoms with Crippen LogP contribution in [0.25, 0.3) is 0 Å². The highest BCUT2D eigenvalue weighted by atomic mass is 16.5. The van der Waals surface area contributed by atoms with Crippen LogP contribution in [0.3, 0.4) is 0 Å². The molecule has 1 aromatic rings. The SMILES string of the molecule is COc1ccc(NC(=O)N2CC(O)[C@@H](O)CN3[C@H](C[C@H]3CN(C)C)C2)cc1. The summed E-state index contributed by atoms with van der Waals surface area (Å²) >= 11 is 0. The number of rotatable bonds is 4. The van der Waals surface area contributed by atoms with Crippen LogP contribution in [-0.2, 0) is 0 Å². The molecule has 8 heteroatoms. The molecular weight excluding hydrogens is 348 g/mol. The highest BCUT2D eigenvalue weighted by molar-refractivity contribution is 5.89. The number of benzene rings is 1. The van der Waals surface area contributed by atoms with Gasteiger partial charge in [0.1, 0.15) is 5.75 Å². The summed E-state index contributed by atoms with van der Waals surface area (Å²) in [4.78, 5) is 18.7. The van der Waals surface area contributed by atoms with E-state index in [4.69, 9.17) is 4.74 Å². The summed E-state index contributed by atoms with van der Waals surface area (Å²) in [5, 5.41) is 23.5. The highest BCUT2D eigenvalue weighted by Gasteiger charge is 2.43. The number of hydrogen-bond acceptors (Lipinski definition) is 6. The molecule has 8 nitrogen and oxygen atoms in total. The minimum absolute atomic E-state index is 0.117. The van der Waals surface area contributed by atoms with Crippen molar-refractivity contribution in [3.63, 3.8) is 0 Å². The average molecular weight is 378 g/mol. The molecule has 0 aromatic heterocycles. The van der Waals surface area contributed by atoms with Gasteiger partial charge in [0.25, 0.3) is 0 Å². The number of likely N-dealkylation sites (N-methyl/N-ethyl adjacent to an activating group) is 1. The third-order valence-corrected chi connectivity index (χ3v) is 5.37. The Morgan fingerprint density at radius 2 is 1.85 bits per heavy atom. The molecule has 27 heavy (non-hydrogen) atoms. The van der Waals surface area contributed by atoms with Crippen molar-refractivity contribution in [3.05, 3.63) is 24.3 Å². The number of aliphatic hydroxyl groups excluding tert-OH is 2. The maximum Gasteiger partial charge on any atom is 0.321 e. The Bertz CT molecular complexity index is 639. The molecule has 3 N–H and O–H groups in total. The fourth-order valence-corrected chi connectivity index (χ4v) is 3.88. The van der Waals surface area contributed by atoms with E-state index in [9.17, 15) is 15.0 Å². The molecule has 0 aliphatic carbocycles. The Morgan fingerprint density at radius 3 is 2.48 bits per heavy atom. The van der Waals surface area contributed by atoms with Crippen molar-refractivity contribution in [2.45, 2.75) is 30.7 Å². The molecular formula is C19H30N4O4. The van der Waals surface area contributed by atoms with Crippen LogP contribution < -0.4 is 10.1 Å². The summed E-state index contributed by atoms with van der Waals surface area (Å²) < 4.78 is 5.12. The van der Waals surface area contributed by atoms with Crippen LogP contribution in [0.2, 0.25) is 0 Å². The summed E-state index contributed by atoms with van der Waals surface area (Å²) in [5.41, 5.74) is 0.661. The summed E-state index contributed by atoms with van der Waals surface area (Å²) in [6.07, 6.45) is -0.852. The van der Waals surface area contributed by atoms with E-state index in [0.717, 1.165) is 18.7 Å². The van der Waals surface area contributed by atoms with Crippen molar-refractivity contribution in [1.29, 1.82) is 0 Å². The van der Waals surface area contributed by atoms with Crippen LogP contribution in [0.1, 0.15) is 6.42 Å². The number of urea groups is 1. The third kappa shape index (κ3) is 4.70. The van der Waals surface area contributed by atoms with Crippen LogP contribution in [0, 0.1) is 0 Å². The monoisotopic (exact) mass is 378 g/mol. The molecule has 2 heterocycles. The van der Waals surface area contributed by atoms with Gasteiger partial charge in [-0.1, -0.05) is 0 Å². The first-order valence-corrected chi connectivity index (χ1v) is 9.34. The Kier molecular flexibility index (Phi) is 6.21. The quantitative estimate of drug-likeness (QED) is 0.697. The first-order chi connectivity index (χ1) is 12.9. The zero-order valence-electron chi connectivity index (χ0n) is 16.2. The van der Waals surface area contributed by atoms with Crippen LogP contribution in [0.4, 0.5) is 10.5 Å². The number of fused-ring (bicyclic) bond motifs is 1. The van der Waals surface area contributed by atoms with Crippen molar-refractivity contribution < 1.29 is 19.7 Å². The number of anilines is 1. The maximum atomic E-state index is 12.7. The normalized spacial score (nSPS) is 28.7. The second-order valence-corrected chi connectivity index (χ2v) is 7.70. The Hall–Kier alpha value is -1.87. The first kappa shape index (κ1) is 19.9. The lowest BCUT2D eigenvalue weighted by Crippen LogP contribution is -2.67. The molecule has 1 unspecified atom stereocenters. The Labute approximate surface area is 160 Å². The molecule has 0 saturated carbocycles. The third-order valence-electron chi connectivity index (χ3n) is 5.37. The number of hydrogen-bond donors (Lipinski definition) is 3. The number of aliphatic hydroxyl groups is 2. The molecule has 4 atom stereocenters. The van der Waals surface area contributed by atoms with E-state index >= 15 is 0 Å². The van der Waals surface area contributed by atoms with Gasteiger partial charge in [-0.25, -0.2) is 4.79 Å². The van der Waals surface area contributed by atoms with Gasteiger partial charge in [0.15, 0.2) is 0 Å². The standard InChI is InChI=1S/C19H30N4O4/c1-21(2)9-14-8-15-10-22(11-17(24)18(25)12-23(14)15)19(26)20-13-4-6-16(27-3)7-5-13/h4-7,14-15,17-18,24-25H,8-12H2,1-3H3,(H,20,26)/t14-,15+,17?,18-/m0/s1. The molecule has 3 rings (SSSR count). The molecule has 2 aliphatic heterocycles. The molecule has 2 amide bonds. The van der Waals surface area contributed by atoms with Crippen molar-refractivity contribution in [1.82, 2.24) is 14.7 Å². The molecule has 0 spiro atoms. The molecule has 150 valence electrons. The Balaban J connectivity index is 1.66. The molecule has 0 bridgehead atoms. The summed E-state index contributed by atoms with van der Waals surface area (Å²) in [5.74, 6) is 0.717. The van der Waals surface area contributed by atoms with Crippen molar-refractivity contribution >= 4 is 11.7 Å². The number of amides is 2. The van der Waals surface area contributed by atoms with E-state index in [1.807, 2.05) is 14.1 Å². The summed E-state index contributed by atoms with van der Waals surface area (Å²) in [6, 6.07) is 7.38. The minimum Gasteiger partial charge on any atom is -0.497 e. The molecule has 1 aromatic carbocycles. The first-order valence-electron chi connectivity index (χ1n) is 9.34. The largest absolute Gasteiger partial charge is 0.497 e. The van der Waals surface area contributed by atoms with E-state index in [1.165, 1.54) is 0 Å². The van der Waals surface area contributed by atoms with Gasteiger partial charge in [0.2, 0.25) is 0 Å². The smallest absolute Gasteiger partial charge is 0.321 e. The topological polar surface area (TPSA) is 88.5 Å². The number of methoxy groups -OCH3 is 1. The van der Waals surface area contributed by atoms with Crippen LogP contribution >= 0.6 is 0 Å². The lowest BCUT2D eigenvalue weighted by atomic mass is 9.89. The molecule has 2 aliphatic rings. The van der Waals surface area contributed by atoms with Gasteiger partial charge < -0.3 is 30.1 Å². The van der Waals surface area contributed by atoms with Crippen molar-refractivity contribution in [3.8, 4) is 5.75 Å². The average Bonchev–Trinajstić information content (AvgIpc) is 2.63. The van der Waals surface area contributed by atoms with E-state index in [-0.39, 0.29) is 18.6 Å². The zero-order valence-corrected chi connectivity index (χ0v) is 16.2. The number of nitrogens with zero attached hydrogens (tertiary/aromatic N) is 3. The fourth-order valence-electron chi connectivity index (χ4n) is 3.88. The lowest BCUT2D eigenvalue weighted by Gasteiger charge is -2.53. The van der Waals surface area contributed by atoms with Gasteiger partial charge >= 0.3 is 6.03 Å². The van der Waals surface area contributed by atoms with Crippen LogP contribution in [0.15, 0.2) is 24.3 Å². The zero-order chi connectivity index (χ0) is 19.6. The predicted molar refractivity (Wildman–Crippen MR) is 103 cm³/mol. The summed E-state index contributed by atoms with van der Waals surface area (Å²) in [6.45, 7) is 2.00. The van der Waals surface area contributed by atoms with Gasteiger partial charge in [-0.15, -0.1) is 0 Å². The Morgan fingerprint density at radius 1 is 1.19 bits per heavy atom.